The van der Waals surface area contributed by atoms with Crippen molar-refractivity contribution in [3.63, 3.8) is 0 Å². The minimum Gasteiger partial charge on any atom is -0.494 e. The van der Waals surface area contributed by atoms with E-state index in [0.717, 1.165) is 0 Å². The van der Waals surface area contributed by atoms with Gasteiger partial charge in [-0.15, -0.1) is 0 Å². The Balaban J connectivity index is 1.82. The van der Waals surface area contributed by atoms with Crippen molar-refractivity contribution in [2.24, 2.45) is 0 Å². The van der Waals surface area contributed by atoms with E-state index in [1.165, 1.54) is 15.6 Å². The van der Waals surface area contributed by atoms with E-state index in [1.54, 1.807) is 56.3 Å². The van der Waals surface area contributed by atoms with Crippen LogP contribution in [0.1, 0.15) is 31.1 Å². The molecule has 0 atom stereocenters. The number of rotatable bonds is 8. The molecule has 0 aliphatic heterocycles. The van der Waals surface area contributed by atoms with Crippen LogP contribution in [0.5, 0.6) is 5.75 Å². The molecule has 1 aromatic heterocycles. The summed E-state index contributed by atoms with van der Waals surface area (Å²) in [6.07, 6.45) is 0. The first kappa shape index (κ1) is 21.2. The molecule has 0 saturated carbocycles. The van der Waals surface area contributed by atoms with Crippen LogP contribution in [0.3, 0.4) is 0 Å². The summed E-state index contributed by atoms with van der Waals surface area (Å²) in [5.74, 6) is 0.411. The van der Waals surface area contributed by atoms with Gasteiger partial charge in [0.05, 0.1) is 21.7 Å². The highest BCUT2D eigenvalue weighted by Gasteiger charge is 2.22. The van der Waals surface area contributed by atoms with Crippen LogP contribution in [0.4, 0.5) is 5.13 Å². The molecule has 0 bridgehead atoms. The van der Waals surface area contributed by atoms with Crippen LogP contribution in [0.15, 0.2) is 47.4 Å². The zero-order valence-electron chi connectivity index (χ0n) is 16.5. The molecule has 0 unspecified atom stereocenters. The fourth-order valence-electron chi connectivity index (χ4n) is 2.87. The van der Waals surface area contributed by atoms with Gasteiger partial charge in [0.1, 0.15) is 5.75 Å². The molecule has 3 aromatic rings. The lowest BCUT2D eigenvalue weighted by atomic mass is 10.2. The number of aromatic nitrogens is 1. The maximum atomic E-state index is 12.7. The molecule has 1 heterocycles. The highest BCUT2D eigenvalue weighted by molar-refractivity contribution is 7.89. The number of benzene rings is 2. The first-order chi connectivity index (χ1) is 13.9. The summed E-state index contributed by atoms with van der Waals surface area (Å²) in [6.45, 7) is 6.88. The minimum atomic E-state index is -3.55. The molecule has 2 aromatic carbocycles. The number of carbonyl (C=O) groups is 1. The summed E-state index contributed by atoms with van der Waals surface area (Å²) in [5, 5.41) is 3.18. The number of anilines is 1. The van der Waals surface area contributed by atoms with Crippen molar-refractivity contribution in [3.05, 3.63) is 48.0 Å². The van der Waals surface area contributed by atoms with Gasteiger partial charge in [-0.2, -0.15) is 4.31 Å². The summed E-state index contributed by atoms with van der Waals surface area (Å²) in [5.41, 5.74) is 1.12. The largest absolute Gasteiger partial charge is 0.494 e. The topological polar surface area (TPSA) is 88.6 Å². The molecule has 0 radical (unpaired) electrons. The second-order valence-corrected chi connectivity index (χ2v) is 9.12. The number of hydrogen-bond acceptors (Lipinski definition) is 6. The normalized spacial score (nSPS) is 11.7. The van der Waals surface area contributed by atoms with Crippen molar-refractivity contribution in [1.82, 2.24) is 9.29 Å². The first-order valence-electron chi connectivity index (χ1n) is 9.34. The number of ether oxygens (including phenoxy) is 1. The zero-order chi connectivity index (χ0) is 21.0. The van der Waals surface area contributed by atoms with Crippen molar-refractivity contribution >= 4 is 42.6 Å². The number of hydrogen-bond donors (Lipinski definition) is 1. The van der Waals surface area contributed by atoms with Crippen molar-refractivity contribution in [2.45, 2.75) is 25.7 Å². The summed E-state index contributed by atoms with van der Waals surface area (Å²) < 4.78 is 32.9. The number of fused-ring (bicyclic) bond motifs is 1. The van der Waals surface area contributed by atoms with Crippen LogP contribution in [-0.2, 0) is 10.0 Å². The van der Waals surface area contributed by atoms with Gasteiger partial charge in [-0.25, -0.2) is 13.4 Å². The minimum absolute atomic E-state index is 0.224. The summed E-state index contributed by atoms with van der Waals surface area (Å²) in [6, 6.07) is 11.7. The number of nitrogens with zero attached hydrogens (tertiary/aromatic N) is 2. The third-order valence-corrected chi connectivity index (χ3v) is 7.33. The first-order valence-corrected chi connectivity index (χ1v) is 11.6. The summed E-state index contributed by atoms with van der Waals surface area (Å²) in [7, 11) is -3.55. The van der Waals surface area contributed by atoms with Crippen LogP contribution in [0.25, 0.3) is 10.2 Å². The Bertz CT molecular complexity index is 1100. The third-order valence-electron chi connectivity index (χ3n) is 4.35. The monoisotopic (exact) mass is 433 g/mol. The Morgan fingerprint density at radius 2 is 1.79 bits per heavy atom. The highest BCUT2D eigenvalue weighted by Crippen LogP contribution is 2.29. The molecule has 1 N–H and O–H groups in total. The van der Waals surface area contributed by atoms with Crippen molar-refractivity contribution in [3.8, 4) is 5.75 Å². The zero-order valence-corrected chi connectivity index (χ0v) is 18.1. The van der Waals surface area contributed by atoms with E-state index < -0.39 is 10.0 Å². The number of nitrogens with one attached hydrogen (secondary N) is 1. The predicted octanol–water partition coefficient (Wildman–Crippen LogP) is 3.98. The molecule has 0 fully saturated rings. The van der Waals surface area contributed by atoms with Gasteiger partial charge < -0.3 is 4.74 Å². The molecule has 3 rings (SSSR count). The maximum Gasteiger partial charge on any atom is 0.257 e. The average Bonchev–Trinajstić information content (AvgIpc) is 3.11. The standard InChI is InChI=1S/C20H23N3O4S2/c1-4-23(5-2)29(25,26)16-11-12-17-18(13-16)28-20(21-17)22-19(24)14-7-9-15(10-8-14)27-6-3/h7-13H,4-6H2,1-3H3,(H,21,22,24). The van der Waals surface area contributed by atoms with E-state index in [4.69, 9.17) is 4.74 Å². The van der Waals surface area contributed by atoms with Gasteiger partial charge in [-0.3, -0.25) is 10.1 Å². The van der Waals surface area contributed by atoms with E-state index in [1.807, 2.05) is 6.92 Å². The predicted molar refractivity (Wildman–Crippen MR) is 115 cm³/mol. The van der Waals surface area contributed by atoms with Gasteiger partial charge in [-0.1, -0.05) is 25.2 Å². The fourth-order valence-corrected chi connectivity index (χ4v) is 5.33. The quantitative estimate of drug-likeness (QED) is 0.580. The Hall–Kier alpha value is -2.49. The van der Waals surface area contributed by atoms with Crippen molar-refractivity contribution in [2.75, 3.05) is 25.0 Å². The van der Waals surface area contributed by atoms with Crippen LogP contribution < -0.4 is 10.1 Å². The number of thiazole rings is 1. The Kier molecular flexibility index (Phi) is 6.51. The van der Waals surface area contributed by atoms with Crippen LogP contribution >= 0.6 is 11.3 Å². The molecule has 0 spiro atoms. The van der Waals surface area contributed by atoms with Gasteiger partial charge in [0.15, 0.2) is 5.13 Å². The molecule has 0 saturated heterocycles. The number of sulfonamides is 1. The molecule has 0 aliphatic carbocycles. The van der Waals surface area contributed by atoms with E-state index in [0.29, 0.717) is 46.4 Å². The molecule has 154 valence electrons. The van der Waals surface area contributed by atoms with E-state index in [2.05, 4.69) is 10.3 Å². The molecule has 1 amide bonds. The Morgan fingerprint density at radius 3 is 2.41 bits per heavy atom. The van der Waals surface area contributed by atoms with Crippen LogP contribution in [-0.4, -0.2) is 43.3 Å². The third kappa shape index (κ3) is 4.58. The highest BCUT2D eigenvalue weighted by atomic mass is 32.2. The van der Waals surface area contributed by atoms with E-state index in [9.17, 15) is 13.2 Å². The number of amides is 1. The van der Waals surface area contributed by atoms with Gasteiger partial charge in [-0.05, 0) is 49.4 Å². The van der Waals surface area contributed by atoms with Crippen molar-refractivity contribution < 1.29 is 17.9 Å². The molecule has 9 heteroatoms. The summed E-state index contributed by atoms with van der Waals surface area (Å²) in [4.78, 5) is 17.1. The SMILES string of the molecule is CCOc1ccc(C(=O)Nc2nc3ccc(S(=O)(=O)N(CC)CC)cc3s2)cc1. The Labute approximate surface area is 174 Å². The van der Waals surface area contributed by atoms with Crippen LogP contribution in [0, 0.1) is 0 Å². The van der Waals surface area contributed by atoms with Gasteiger partial charge in [0, 0.05) is 18.7 Å². The molecule has 7 nitrogen and oxygen atoms in total. The second kappa shape index (κ2) is 8.89. The number of carbonyl (C=O) groups excluding carboxylic acids is 1. The lowest BCUT2D eigenvalue weighted by molar-refractivity contribution is 0.102. The second-order valence-electron chi connectivity index (χ2n) is 6.15. The molecular formula is C20H23N3O4S2. The van der Waals surface area contributed by atoms with E-state index in [-0.39, 0.29) is 10.8 Å². The average molecular weight is 434 g/mol. The van der Waals surface area contributed by atoms with E-state index >= 15 is 0 Å². The molecule has 0 aliphatic rings. The Morgan fingerprint density at radius 1 is 1.10 bits per heavy atom. The fraction of sp³-hybridized carbons (Fsp3) is 0.300. The molecular weight excluding hydrogens is 410 g/mol. The lowest BCUT2D eigenvalue weighted by Crippen LogP contribution is -2.30. The molecule has 29 heavy (non-hydrogen) atoms. The van der Waals surface area contributed by atoms with Crippen molar-refractivity contribution in [1.29, 1.82) is 0 Å². The lowest BCUT2D eigenvalue weighted by Gasteiger charge is -2.18. The van der Waals surface area contributed by atoms with Gasteiger partial charge in [0.2, 0.25) is 10.0 Å². The summed E-state index contributed by atoms with van der Waals surface area (Å²) >= 11 is 1.24. The maximum absolute atomic E-state index is 12.7. The van der Waals surface area contributed by atoms with Gasteiger partial charge >= 0.3 is 0 Å². The van der Waals surface area contributed by atoms with Crippen LogP contribution in [0.2, 0.25) is 0 Å². The van der Waals surface area contributed by atoms with Gasteiger partial charge in [0.25, 0.3) is 5.91 Å². The smallest absolute Gasteiger partial charge is 0.257 e.